The highest BCUT2D eigenvalue weighted by Crippen LogP contribution is 2.30. The Morgan fingerprint density at radius 3 is 2.38 bits per heavy atom. The van der Waals surface area contributed by atoms with Gasteiger partial charge in [-0.15, -0.1) is 0 Å². The van der Waals surface area contributed by atoms with Crippen molar-refractivity contribution < 1.29 is 23.9 Å². The maximum atomic E-state index is 12.6. The lowest BCUT2D eigenvalue weighted by Gasteiger charge is -2.11. The molecule has 0 radical (unpaired) electrons. The van der Waals surface area contributed by atoms with Crippen molar-refractivity contribution in [1.82, 2.24) is 0 Å². The van der Waals surface area contributed by atoms with E-state index in [4.69, 9.17) is 25.8 Å². The molecule has 0 spiro atoms. The summed E-state index contributed by atoms with van der Waals surface area (Å²) in [4.78, 5) is 23.5. The highest BCUT2D eigenvalue weighted by atomic mass is 79.9. The van der Waals surface area contributed by atoms with E-state index in [1.807, 2.05) is 30.3 Å². The van der Waals surface area contributed by atoms with E-state index in [-0.39, 0.29) is 23.7 Å². The van der Waals surface area contributed by atoms with Crippen LogP contribution >= 0.6 is 27.5 Å². The van der Waals surface area contributed by atoms with Crippen molar-refractivity contribution in [2.45, 2.75) is 6.61 Å². The van der Waals surface area contributed by atoms with Gasteiger partial charge in [-0.2, -0.15) is 0 Å². The molecule has 39 heavy (non-hydrogen) atoms. The van der Waals surface area contributed by atoms with Gasteiger partial charge in [0.15, 0.2) is 0 Å². The van der Waals surface area contributed by atoms with Gasteiger partial charge in [0, 0.05) is 33.3 Å². The van der Waals surface area contributed by atoms with Crippen LogP contribution in [0.25, 0.3) is 6.08 Å². The minimum absolute atomic E-state index is 0.191. The molecule has 198 valence electrons. The molecule has 0 bridgehead atoms. The quantitative estimate of drug-likeness (QED) is 0.111. The maximum absolute atomic E-state index is 12.6. The fourth-order valence-electron chi connectivity index (χ4n) is 3.52. The van der Waals surface area contributed by atoms with Crippen molar-refractivity contribution in [3.8, 4) is 23.0 Å². The first-order valence-electron chi connectivity index (χ1n) is 11.6. The van der Waals surface area contributed by atoms with Crippen molar-refractivity contribution in [3.63, 3.8) is 0 Å². The third-order valence-electron chi connectivity index (χ3n) is 5.36. The number of non-ortho nitro benzene ring substituents is 1. The summed E-state index contributed by atoms with van der Waals surface area (Å²) in [5.74, 6) is 1.51. The van der Waals surface area contributed by atoms with Crippen molar-refractivity contribution in [2.24, 2.45) is 0 Å². The predicted molar refractivity (Wildman–Crippen MR) is 154 cm³/mol. The molecular weight excluding hydrogens is 588 g/mol. The Morgan fingerprint density at radius 1 is 0.974 bits per heavy atom. The molecule has 0 atom stereocenters. The number of nitrogens with zero attached hydrogens (tertiary/aromatic N) is 1. The largest absolute Gasteiger partial charge is 0.496 e. The maximum Gasteiger partial charge on any atom is 0.275 e. The second-order valence-corrected chi connectivity index (χ2v) is 9.52. The van der Waals surface area contributed by atoms with Crippen LogP contribution in [0.3, 0.4) is 0 Å². The van der Waals surface area contributed by atoms with Crippen LogP contribution in [0.4, 0.5) is 11.4 Å². The SMILES string of the molecule is COc1ccc(/C=C\C(=O)Nc2cc(Oc3ccc(Cl)cc3)cc([N+](=O)[O-])c2)cc1COc1ccc(Br)cc1. The molecule has 8 nitrogen and oxygen atoms in total. The van der Waals surface area contributed by atoms with E-state index >= 15 is 0 Å². The van der Waals surface area contributed by atoms with E-state index in [9.17, 15) is 14.9 Å². The summed E-state index contributed by atoms with van der Waals surface area (Å²) in [5.41, 5.74) is 1.52. The van der Waals surface area contributed by atoms with E-state index in [0.29, 0.717) is 22.3 Å². The Hall–Kier alpha value is -4.34. The normalized spacial score (nSPS) is 10.7. The van der Waals surface area contributed by atoms with E-state index in [0.717, 1.165) is 15.6 Å². The number of amides is 1. The molecule has 1 N–H and O–H groups in total. The molecule has 0 saturated heterocycles. The average Bonchev–Trinajstić information content (AvgIpc) is 2.92. The number of carbonyl (C=O) groups is 1. The number of hydrogen-bond donors (Lipinski definition) is 1. The van der Waals surface area contributed by atoms with Crippen LogP contribution in [-0.2, 0) is 11.4 Å². The standard InChI is InChI=1S/C29H22BrClN2O6/c1-37-28-12-2-19(14-20(28)18-38-25-8-4-21(30)5-9-25)3-13-29(34)32-23-15-24(33(35)36)17-27(16-23)39-26-10-6-22(31)7-11-26/h2-17H,18H2,1H3,(H,32,34)/b13-3-. The number of benzene rings is 4. The number of methoxy groups -OCH3 is 1. The van der Waals surface area contributed by atoms with Crippen LogP contribution in [0.15, 0.2) is 95.5 Å². The molecule has 4 rings (SSSR count). The molecule has 0 aliphatic rings. The van der Waals surface area contributed by atoms with E-state index in [1.165, 1.54) is 24.3 Å². The molecule has 0 unspecified atom stereocenters. The average molecular weight is 610 g/mol. The molecule has 4 aromatic carbocycles. The predicted octanol–water partition coefficient (Wildman–Crippen LogP) is 8.04. The van der Waals surface area contributed by atoms with Crippen LogP contribution in [0, 0.1) is 10.1 Å². The number of nitro groups is 1. The van der Waals surface area contributed by atoms with Gasteiger partial charge in [-0.1, -0.05) is 33.6 Å². The van der Waals surface area contributed by atoms with Gasteiger partial charge < -0.3 is 19.5 Å². The number of nitro benzene ring substituents is 1. The van der Waals surface area contributed by atoms with Gasteiger partial charge in [0.25, 0.3) is 5.69 Å². The summed E-state index contributed by atoms with van der Waals surface area (Å²) in [6.45, 7) is 0.267. The Bertz CT molecular complexity index is 1510. The highest BCUT2D eigenvalue weighted by molar-refractivity contribution is 9.10. The Labute approximate surface area is 238 Å². The Morgan fingerprint density at radius 2 is 1.69 bits per heavy atom. The minimum atomic E-state index is -0.560. The van der Waals surface area contributed by atoms with Crippen LogP contribution in [-0.4, -0.2) is 17.9 Å². The number of ether oxygens (including phenoxy) is 3. The molecule has 0 saturated carbocycles. The van der Waals surface area contributed by atoms with Gasteiger partial charge in [0.2, 0.25) is 5.91 Å². The molecular formula is C29H22BrClN2O6. The van der Waals surface area contributed by atoms with Crippen molar-refractivity contribution in [2.75, 3.05) is 12.4 Å². The number of nitrogens with one attached hydrogen (secondary N) is 1. The van der Waals surface area contributed by atoms with Crippen LogP contribution in [0.5, 0.6) is 23.0 Å². The Kier molecular flexibility index (Phi) is 9.19. The number of halogens is 2. The lowest BCUT2D eigenvalue weighted by molar-refractivity contribution is -0.384. The van der Waals surface area contributed by atoms with Gasteiger partial charge in [0.05, 0.1) is 23.8 Å². The number of rotatable bonds is 10. The summed E-state index contributed by atoms with van der Waals surface area (Å²) in [6, 6.07) is 23.5. The molecule has 10 heteroatoms. The zero-order valence-corrected chi connectivity index (χ0v) is 22.9. The van der Waals surface area contributed by atoms with Crippen LogP contribution in [0.2, 0.25) is 5.02 Å². The van der Waals surface area contributed by atoms with Crippen LogP contribution < -0.4 is 19.5 Å². The second kappa shape index (κ2) is 12.9. The third kappa shape index (κ3) is 8.07. The lowest BCUT2D eigenvalue weighted by Crippen LogP contribution is -2.08. The molecule has 4 aromatic rings. The third-order valence-corrected chi connectivity index (χ3v) is 6.14. The van der Waals surface area contributed by atoms with Gasteiger partial charge in [-0.05, 0) is 72.3 Å². The summed E-state index contributed by atoms with van der Waals surface area (Å²) < 4.78 is 18.0. The molecule has 0 aromatic heterocycles. The van der Waals surface area contributed by atoms with Crippen molar-refractivity contribution in [1.29, 1.82) is 0 Å². The number of hydrogen-bond acceptors (Lipinski definition) is 6. The molecule has 1 amide bonds. The van der Waals surface area contributed by atoms with Gasteiger partial charge in [-0.25, -0.2) is 0 Å². The molecule has 0 aliphatic heterocycles. The zero-order valence-electron chi connectivity index (χ0n) is 20.6. The molecule has 0 heterocycles. The number of carbonyl (C=O) groups excluding carboxylic acids is 1. The fourth-order valence-corrected chi connectivity index (χ4v) is 3.91. The molecule has 0 fully saturated rings. The Balaban J connectivity index is 1.46. The lowest BCUT2D eigenvalue weighted by atomic mass is 10.1. The van der Waals surface area contributed by atoms with E-state index in [1.54, 1.807) is 49.6 Å². The van der Waals surface area contributed by atoms with Crippen LogP contribution in [0.1, 0.15) is 11.1 Å². The van der Waals surface area contributed by atoms with Gasteiger partial charge in [0.1, 0.15) is 29.6 Å². The summed E-state index contributed by atoms with van der Waals surface area (Å²) >= 11 is 9.29. The molecule has 0 aliphatic carbocycles. The van der Waals surface area contributed by atoms with Gasteiger partial charge >= 0.3 is 0 Å². The summed E-state index contributed by atoms with van der Waals surface area (Å²) in [5, 5.41) is 14.6. The van der Waals surface area contributed by atoms with E-state index in [2.05, 4.69) is 21.2 Å². The zero-order chi connectivity index (χ0) is 27.8. The second-order valence-electron chi connectivity index (χ2n) is 8.17. The highest BCUT2D eigenvalue weighted by Gasteiger charge is 2.13. The summed E-state index contributed by atoms with van der Waals surface area (Å²) in [7, 11) is 1.57. The minimum Gasteiger partial charge on any atom is -0.496 e. The first kappa shape index (κ1) is 27.7. The number of anilines is 1. The first-order chi connectivity index (χ1) is 18.8. The smallest absolute Gasteiger partial charge is 0.275 e. The van der Waals surface area contributed by atoms with E-state index < -0.39 is 10.8 Å². The summed E-state index contributed by atoms with van der Waals surface area (Å²) in [6.07, 6.45) is 2.96. The topological polar surface area (TPSA) is 99.9 Å². The van der Waals surface area contributed by atoms with Gasteiger partial charge in [-0.3, -0.25) is 14.9 Å². The fraction of sp³-hybridized carbons (Fsp3) is 0.0690. The van der Waals surface area contributed by atoms with Crippen molar-refractivity contribution >= 4 is 50.9 Å². The van der Waals surface area contributed by atoms with Crippen molar-refractivity contribution in [3.05, 3.63) is 122 Å². The first-order valence-corrected chi connectivity index (χ1v) is 12.7. The monoisotopic (exact) mass is 608 g/mol.